The summed E-state index contributed by atoms with van der Waals surface area (Å²) in [7, 11) is 0. The van der Waals surface area contributed by atoms with Crippen molar-refractivity contribution in [2.24, 2.45) is 11.8 Å². The number of carbonyl (C=O) groups is 2. The Balaban J connectivity index is 1.87. The van der Waals surface area contributed by atoms with E-state index in [2.05, 4.69) is 5.32 Å². The lowest BCUT2D eigenvalue weighted by atomic mass is 9.96. The zero-order valence-corrected chi connectivity index (χ0v) is 13.3. The van der Waals surface area contributed by atoms with E-state index < -0.39 is 36.4 Å². The molecule has 0 unspecified atom stereocenters. The number of alkyl halides is 3. The van der Waals surface area contributed by atoms with Gasteiger partial charge in [0, 0.05) is 18.0 Å². The minimum atomic E-state index is -4.60. The Kier molecular flexibility index (Phi) is 5.53. The van der Waals surface area contributed by atoms with Gasteiger partial charge in [0.1, 0.15) is 0 Å². The van der Waals surface area contributed by atoms with Crippen molar-refractivity contribution in [2.75, 3.05) is 19.6 Å². The predicted octanol–water partition coefficient (Wildman–Crippen LogP) is 2.21. The molecule has 1 amide bonds. The zero-order valence-electron chi connectivity index (χ0n) is 11.8. The summed E-state index contributed by atoms with van der Waals surface area (Å²) in [5.41, 5.74) is 0. The molecular formula is C13H14ClF3N2O3S. The van der Waals surface area contributed by atoms with E-state index >= 15 is 0 Å². The van der Waals surface area contributed by atoms with Gasteiger partial charge in [-0.25, -0.2) is 0 Å². The number of rotatable bonds is 5. The minimum Gasteiger partial charge on any atom is -0.481 e. The Morgan fingerprint density at radius 2 is 2.09 bits per heavy atom. The lowest BCUT2D eigenvalue weighted by Gasteiger charge is -2.18. The van der Waals surface area contributed by atoms with E-state index in [-0.39, 0.29) is 19.6 Å². The molecule has 10 heteroatoms. The molecule has 0 saturated carbocycles. The number of halogens is 4. The number of carboxylic acids is 1. The molecule has 1 aromatic rings. The summed E-state index contributed by atoms with van der Waals surface area (Å²) in [5, 5.41) is 11.5. The maximum Gasteiger partial charge on any atom is 0.393 e. The highest BCUT2D eigenvalue weighted by molar-refractivity contribution is 7.16. The first-order valence-corrected chi connectivity index (χ1v) is 7.89. The van der Waals surface area contributed by atoms with Crippen LogP contribution in [0, 0.1) is 11.8 Å². The SMILES string of the molecule is O=C(CN1C[C@@H](C(F)(F)F)[C@H](C(=O)O)C1)NCc1ccc(Cl)s1. The highest BCUT2D eigenvalue weighted by Gasteiger charge is 2.52. The quantitative estimate of drug-likeness (QED) is 0.833. The standard InChI is InChI=1S/C13H14ClF3N2O3S/c14-10-2-1-7(23-10)3-18-11(20)6-19-4-8(12(21)22)9(5-19)13(15,16)17/h1-2,8-9H,3-6H2,(H,18,20)(H,21,22)/t8-,9-/m1/s1. The summed E-state index contributed by atoms with van der Waals surface area (Å²) in [6.45, 7) is -0.818. The molecule has 5 nitrogen and oxygen atoms in total. The molecule has 128 valence electrons. The van der Waals surface area contributed by atoms with Gasteiger partial charge in [0.2, 0.25) is 5.91 Å². The first-order chi connectivity index (χ1) is 10.7. The minimum absolute atomic E-state index is 0.231. The molecule has 1 aliphatic heterocycles. The molecule has 23 heavy (non-hydrogen) atoms. The van der Waals surface area contributed by atoms with Gasteiger partial charge in [-0.05, 0) is 12.1 Å². The fourth-order valence-corrected chi connectivity index (χ4v) is 3.51. The maximum atomic E-state index is 12.9. The van der Waals surface area contributed by atoms with Crippen molar-refractivity contribution >= 4 is 34.8 Å². The van der Waals surface area contributed by atoms with Crippen LogP contribution in [-0.4, -0.2) is 47.7 Å². The lowest BCUT2D eigenvalue weighted by molar-refractivity contribution is -0.188. The Bertz CT molecular complexity index is 593. The number of hydrogen-bond donors (Lipinski definition) is 2. The number of likely N-dealkylation sites (tertiary alicyclic amines) is 1. The summed E-state index contributed by atoms with van der Waals surface area (Å²) in [4.78, 5) is 24.8. The molecule has 0 aliphatic carbocycles. The number of thiophene rings is 1. The van der Waals surface area contributed by atoms with E-state index in [1.165, 1.54) is 16.2 Å². The second-order valence-electron chi connectivity index (χ2n) is 5.27. The smallest absolute Gasteiger partial charge is 0.393 e. The first kappa shape index (κ1) is 18.0. The van der Waals surface area contributed by atoms with Gasteiger partial charge in [-0.3, -0.25) is 14.5 Å². The molecule has 1 aliphatic rings. The average Bonchev–Trinajstić information content (AvgIpc) is 3.02. The number of nitrogens with one attached hydrogen (secondary N) is 1. The topological polar surface area (TPSA) is 69.6 Å². The Hall–Kier alpha value is -1.32. The molecule has 2 rings (SSSR count). The van der Waals surface area contributed by atoms with Crippen LogP contribution in [-0.2, 0) is 16.1 Å². The summed E-state index contributed by atoms with van der Waals surface area (Å²) in [5.74, 6) is -5.45. The molecular weight excluding hydrogens is 357 g/mol. The average molecular weight is 371 g/mol. The normalized spacial score (nSPS) is 22.3. The van der Waals surface area contributed by atoms with Crippen LogP contribution in [0.15, 0.2) is 12.1 Å². The van der Waals surface area contributed by atoms with Gasteiger partial charge in [0.25, 0.3) is 0 Å². The van der Waals surface area contributed by atoms with Crippen LogP contribution in [0.1, 0.15) is 4.88 Å². The highest BCUT2D eigenvalue weighted by Crippen LogP contribution is 2.37. The number of amides is 1. The van der Waals surface area contributed by atoms with Crippen molar-refractivity contribution in [3.63, 3.8) is 0 Å². The van der Waals surface area contributed by atoms with Crippen molar-refractivity contribution in [1.82, 2.24) is 10.2 Å². The third-order valence-electron chi connectivity index (χ3n) is 3.59. The predicted molar refractivity (Wildman–Crippen MR) is 78.3 cm³/mol. The van der Waals surface area contributed by atoms with Crippen LogP contribution >= 0.6 is 22.9 Å². The maximum absolute atomic E-state index is 12.9. The molecule has 0 bridgehead atoms. The number of nitrogens with zero attached hydrogens (tertiary/aromatic N) is 1. The van der Waals surface area contributed by atoms with E-state index in [1.807, 2.05) is 0 Å². The Labute approximate surface area is 139 Å². The van der Waals surface area contributed by atoms with Gasteiger partial charge in [-0.1, -0.05) is 11.6 Å². The van der Waals surface area contributed by atoms with Gasteiger partial charge in [-0.2, -0.15) is 13.2 Å². The number of carboxylic acid groups (broad SMARTS) is 1. The molecule has 1 fully saturated rings. The highest BCUT2D eigenvalue weighted by atomic mass is 35.5. The fraction of sp³-hybridized carbons (Fsp3) is 0.538. The van der Waals surface area contributed by atoms with Crippen LogP contribution in [0.25, 0.3) is 0 Å². The summed E-state index contributed by atoms with van der Waals surface area (Å²) in [6, 6.07) is 3.42. The molecule has 1 aromatic heterocycles. The molecule has 2 heterocycles. The molecule has 0 radical (unpaired) electrons. The van der Waals surface area contributed by atoms with Crippen LogP contribution < -0.4 is 5.32 Å². The monoisotopic (exact) mass is 370 g/mol. The van der Waals surface area contributed by atoms with Crippen LogP contribution in [0.5, 0.6) is 0 Å². The van der Waals surface area contributed by atoms with Crippen LogP contribution in [0.2, 0.25) is 4.34 Å². The molecule has 0 aromatic carbocycles. The molecule has 2 N–H and O–H groups in total. The Morgan fingerprint density at radius 1 is 1.39 bits per heavy atom. The fourth-order valence-electron chi connectivity index (χ4n) is 2.49. The lowest BCUT2D eigenvalue weighted by Crippen LogP contribution is -2.36. The van der Waals surface area contributed by atoms with Gasteiger partial charge in [0.05, 0.1) is 29.3 Å². The summed E-state index contributed by atoms with van der Waals surface area (Å²) in [6.07, 6.45) is -4.60. The third-order valence-corrected chi connectivity index (χ3v) is 4.82. The van der Waals surface area contributed by atoms with Gasteiger partial charge in [-0.15, -0.1) is 11.3 Å². The molecule has 2 atom stereocenters. The Morgan fingerprint density at radius 3 is 2.57 bits per heavy atom. The van der Waals surface area contributed by atoms with E-state index in [0.717, 1.165) is 4.88 Å². The zero-order chi connectivity index (χ0) is 17.2. The second-order valence-corrected chi connectivity index (χ2v) is 7.07. The van der Waals surface area contributed by atoms with Gasteiger partial charge in [0.15, 0.2) is 0 Å². The van der Waals surface area contributed by atoms with Crippen molar-refractivity contribution < 1.29 is 27.9 Å². The van der Waals surface area contributed by atoms with Crippen molar-refractivity contribution in [1.29, 1.82) is 0 Å². The molecule has 1 saturated heterocycles. The van der Waals surface area contributed by atoms with Crippen molar-refractivity contribution in [2.45, 2.75) is 12.7 Å². The van der Waals surface area contributed by atoms with E-state index in [1.54, 1.807) is 12.1 Å². The third kappa shape index (κ3) is 4.82. The summed E-state index contributed by atoms with van der Waals surface area (Å²) < 4.78 is 39.1. The van der Waals surface area contributed by atoms with Gasteiger partial charge < -0.3 is 10.4 Å². The number of carbonyl (C=O) groups excluding carboxylic acids is 1. The van der Waals surface area contributed by atoms with Gasteiger partial charge >= 0.3 is 12.1 Å². The van der Waals surface area contributed by atoms with E-state index in [9.17, 15) is 22.8 Å². The largest absolute Gasteiger partial charge is 0.481 e. The van der Waals surface area contributed by atoms with E-state index in [4.69, 9.17) is 16.7 Å². The summed E-state index contributed by atoms with van der Waals surface area (Å²) >= 11 is 7.04. The van der Waals surface area contributed by atoms with Crippen molar-refractivity contribution in [3.8, 4) is 0 Å². The first-order valence-electron chi connectivity index (χ1n) is 6.69. The second kappa shape index (κ2) is 7.06. The number of aliphatic carboxylic acids is 1. The van der Waals surface area contributed by atoms with Crippen LogP contribution in [0.3, 0.4) is 0 Å². The van der Waals surface area contributed by atoms with Crippen molar-refractivity contribution in [3.05, 3.63) is 21.3 Å². The number of hydrogen-bond acceptors (Lipinski definition) is 4. The van der Waals surface area contributed by atoms with E-state index in [0.29, 0.717) is 4.34 Å². The van der Waals surface area contributed by atoms with Crippen LogP contribution in [0.4, 0.5) is 13.2 Å². The molecule has 0 spiro atoms.